The van der Waals surface area contributed by atoms with Gasteiger partial charge in [-0.2, -0.15) is 0 Å². The van der Waals surface area contributed by atoms with E-state index in [-0.39, 0.29) is 0 Å². The summed E-state index contributed by atoms with van der Waals surface area (Å²) >= 11 is 0. The quantitative estimate of drug-likeness (QED) is 0.810. The summed E-state index contributed by atoms with van der Waals surface area (Å²) in [5.74, 6) is -1.13. The largest absolute Gasteiger partial charge is 0.383 e. The van der Waals surface area contributed by atoms with Crippen LogP contribution < -0.4 is 5.32 Å². The van der Waals surface area contributed by atoms with Gasteiger partial charge in [-0.15, -0.1) is 0 Å². The van der Waals surface area contributed by atoms with Crippen molar-refractivity contribution in [2.45, 2.75) is 13.0 Å². The standard InChI is InChI=1S/C12H13F2N3/c13-10-2-3-12(11(14)8-10)16-4-1-6-17-7-5-15-9-17/h2-3,5,7-9,16H,1,4,6H2. The first-order valence-corrected chi connectivity index (χ1v) is 5.40. The Morgan fingerprint density at radius 1 is 1.29 bits per heavy atom. The number of anilines is 1. The van der Waals surface area contributed by atoms with Crippen LogP contribution in [-0.4, -0.2) is 16.1 Å². The summed E-state index contributed by atoms with van der Waals surface area (Å²) in [6.07, 6.45) is 6.16. The van der Waals surface area contributed by atoms with Crippen molar-refractivity contribution in [3.8, 4) is 0 Å². The summed E-state index contributed by atoms with van der Waals surface area (Å²) in [5.41, 5.74) is 0.331. The molecule has 0 amide bonds. The molecule has 1 aromatic heterocycles. The lowest BCUT2D eigenvalue weighted by molar-refractivity contribution is 0.584. The SMILES string of the molecule is Fc1ccc(NCCCn2ccnc2)c(F)c1. The second kappa shape index (κ2) is 5.43. The van der Waals surface area contributed by atoms with Crippen molar-refractivity contribution in [2.24, 2.45) is 0 Å². The van der Waals surface area contributed by atoms with Crippen molar-refractivity contribution in [1.82, 2.24) is 9.55 Å². The number of nitrogens with zero attached hydrogens (tertiary/aromatic N) is 2. The van der Waals surface area contributed by atoms with Gasteiger partial charge >= 0.3 is 0 Å². The molecule has 0 aliphatic rings. The highest BCUT2D eigenvalue weighted by molar-refractivity contribution is 5.44. The number of benzene rings is 1. The molecule has 0 bridgehead atoms. The molecular weight excluding hydrogens is 224 g/mol. The van der Waals surface area contributed by atoms with Crippen molar-refractivity contribution in [1.29, 1.82) is 0 Å². The van der Waals surface area contributed by atoms with Crippen LogP contribution in [-0.2, 0) is 6.54 Å². The number of rotatable bonds is 5. The van der Waals surface area contributed by atoms with Crippen molar-refractivity contribution in [3.63, 3.8) is 0 Å². The lowest BCUT2D eigenvalue weighted by Crippen LogP contribution is -2.07. The van der Waals surface area contributed by atoms with Crippen LogP contribution in [0, 0.1) is 11.6 Å². The van der Waals surface area contributed by atoms with Crippen LogP contribution in [0.15, 0.2) is 36.9 Å². The Labute approximate surface area is 98.1 Å². The van der Waals surface area contributed by atoms with Crippen LogP contribution >= 0.6 is 0 Å². The average molecular weight is 237 g/mol. The second-order valence-corrected chi connectivity index (χ2v) is 3.71. The van der Waals surface area contributed by atoms with E-state index in [0.29, 0.717) is 12.2 Å². The van der Waals surface area contributed by atoms with Gasteiger partial charge in [-0.1, -0.05) is 0 Å². The zero-order valence-electron chi connectivity index (χ0n) is 9.24. The Morgan fingerprint density at radius 3 is 2.88 bits per heavy atom. The number of aromatic nitrogens is 2. The summed E-state index contributed by atoms with van der Waals surface area (Å²) < 4.78 is 27.8. The maximum Gasteiger partial charge on any atom is 0.149 e. The van der Waals surface area contributed by atoms with E-state index in [9.17, 15) is 8.78 Å². The Kier molecular flexibility index (Phi) is 3.69. The van der Waals surface area contributed by atoms with Crippen molar-refractivity contribution in [3.05, 3.63) is 48.6 Å². The first-order valence-electron chi connectivity index (χ1n) is 5.40. The zero-order chi connectivity index (χ0) is 12.1. The van der Waals surface area contributed by atoms with E-state index in [1.807, 2.05) is 10.8 Å². The van der Waals surface area contributed by atoms with Crippen molar-refractivity contribution >= 4 is 5.69 Å². The van der Waals surface area contributed by atoms with Crippen LogP contribution in [0.5, 0.6) is 0 Å². The number of nitrogens with one attached hydrogen (secondary N) is 1. The maximum atomic E-state index is 13.2. The fraction of sp³-hybridized carbons (Fsp3) is 0.250. The molecule has 1 heterocycles. The fourth-order valence-electron chi connectivity index (χ4n) is 1.54. The van der Waals surface area contributed by atoms with E-state index < -0.39 is 11.6 Å². The Balaban J connectivity index is 1.78. The van der Waals surface area contributed by atoms with Gasteiger partial charge in [0, 0.05) is 31.5 Å². The van der Waals surface area contributed by atoms with Gasteiger partial charge in [-0.3, -0.25) is 0 Å². The number of imidazole rings is 1. The third kappa shape index (κ3) is 3.27. The molecular formula is C12H13F2N3. The highest BCUT2D eigenvalue weighted by Gasteiger charge is 2.02. The van der Waals surface area contributed by atoms with Crippen molar-refractivity contribution in [2.75, 3.05) is 11.9 Å². The van der Waals surface area contributed by atoms with E-state index in [1.165, 1.54) is 12.1 Å². The molecule has 0 saturated carbocycles. The molecule has 0 radical (unpaired) electrons. The molecule has 0 fully saturated rings. The molecule has 1 N–H and O–H groups in total. The van der Waals surface area contributed by atoms with Gasteiger partial charge in [0.05, 0.1) is 12.0 Å². The Bertz CT molecular complexity index is 469. The van der Waals surface area contributed by atoms with Crippen LogP contribution in [0.2, 0.25) is 0 Å². The van der Waals surface area contributed by atoms with Crippen LogP contribution in [0.25, 0.3) is 0 Å². The molecule has 0 unspecified atom stereocenters. The predicted octanol–water partition coefficient (Wildman–Crippen LogP) is 2.66. The minimum atomic E-state index is -0.563. The molecule has 2 aromatic rings. The molecule has 0 spiro atoms. The number of hydrogen-bond acceptors (Lipinski definition) is 2. The molecule has 2 rings (SSSR count). The van der Waals surface area contributed by atoms with Gasteiger partial charge in [0.15, 0.2) is 0 Å². The lowest BCUT2D eigenvalue weighted by Gasteiger charge is -2.07. The molecule has 5 heteroatoms. The Morgan fingerprint density at radius 2 is 2.18 bits per heavy atom. The average Bonchev–Trinajstić information content (AvgIpc) is 2.79. The second-order valence-electron chi connectivity index (χ2n) is 3.71. The molecule has 1 aromatic carbocycles. The zero-order valence-corrected chi connectivity index (χ0v) is 9.24. The molecule has 0 atom stereocenters. The third-order valence-corrected chi connectivity index (χ3v) is 2.40. The van der Waals surface area contributed by atoms with E-state index in [4.69, 9.17) is 0 Å². The van der Waals surface area contributed by atoms with Crippen LogP contribution in [0.4, 0.5) is 14.5 Å². The van der Waals surface area contributed by atoms with E-state index in [0.717, 1.165) is 19.0 Å². The van der Waals surface area contributed by atoms with Gasteiger partial charge < -0.3 is 9.88 Å². The molecule has 0 aliphatic heterocycles. The summed E-state index contributed by atoms with van der Waals surface area (Å²) in [6.45, 7) is 1.44. The number of hydrogen-bond donors (Lipinski definition) is 1. The lowest BCUT2D eigenvalue weighted by atomic mass is 10.3. The molecule has 0 saturated heterocycles. The van der Waals surface area contributed by atoms with Gasteiger partial charge in [-0.05, 0) is 18.6 Å². The summed E-state index contributed by atoms with van der Waals surface area (Å²) in [7, 11) is 0. The predicted molar refractivity (Wildman–Crippen MR) is 61.7 cm³/mol. The van der Waals surface area contributed by atoms with E-state index in [1.54, 1.807) is 12.5 Å². The first-order chi connectivity index (χ1) is 8.25. The normalized spacial score (nSPS) is 10.5. The van der Waals surface area contributed by atoms with Gasteiger partial charge in [-0.25, -0.2) is 13.8 Å². The van der Waals surface area contributed by atoms with E-state index in [2.05, 4.69) is 10.3 Å². The smallest absolute Gasteiger partial charge is 0.149 e. The van der Waals surface area contributed by atoms with Crippen molar-refractivity contribution < 1.29 is 8.78 Å². The highest BCUT2D eigenvalue weighted by Crippen LogP contribution is 2.14. The third-order valence-electron chi connectivity index (χ3n) is 2.40. The maximum absolute atomic E-state index is 13.2. The minimum absolute atomic E-state index is 0.331. The topological polar surface area (TPSA) is 29.9 Å². The number of halogens is 2. The summed E-state index contributed by atoms with van der Waals surface area (Å²) in [4.78, 5) is 3.92. The minimum Gasteiger partial charge on any atom is -0.383 e. The summed E-state index contributed by atoms with van der Waals surface area (Å²) in [6, 6.07) is 3.52. The van der Waals surface area contributed by atoms with Crippen LogP contribution in [0.3, 0.4) is 0 Å². The van der Waals surface area contributed by atoms with Gasteiger partial charge in [0.1, 0.15) is 11.6 Å². The molecule has 0 aliphatic carbocycles. The van der Waals surface area contributed by atoms with E-state index >= 15 is 0 Å². The number of aryl methyl sites for hydroxylation is 1. The fourth-order valence-corrected chi connectivity index (χ4v) is 1.54. The van der Waals surface area contributed by atoms with Gasteiger partial charge in [0.25, 0.3) is 0 Å². The highest BCUT2D eigenvalue weighted by atomic mass is 19.1. The monoisotopic (exact) mass is 237 g/mol. The first kappa shape index (κ1) is 11.6. The van der Waals surface area contributed by atoms with Crippen LogP contribution in [0.1, 0.15) is 6.42 Å². The molecule has 17 heavy (non-hydrogen) atoms. The summed E-state index contributed by atoms with van der Waals surface area (Å²) in [5, 5.41) is 2.93. The molecule has 3 nitrogen and oxygen atoms in total. The van der Waals surface area contributed by atoms with Gasteiger partial charge in [0.2, 0.25) is 0 Å². The Hall–Kier alpha value is -1.91. The molecule has 90 valence electrons.